The summed E-state index contributed by atoms with van der Waals surface area (Å²) in [6.45, 7) is 8.53. The lowest BCUT2D eigenvalue weighted by molar-refractivity contribution is 0.0988. The molecule has 2 aromatic carbocycles. The van der Waals surface area contributed by atoms with Crippen LogP contribution in [0.2, 0.25) is 0 Å². The molecule has 0 bridgehead atoms. The first-order chi connectivity index (χ1) is 8.41. The molecule has 0 saturated carbocycles. The van der Waals surface area contributed by atoms with E-state index in [4.69, 9.17) is 0 Å². The molecule has 0 amide bonds. The largest absolute Gasteiger partial charge is 0.294 e. The average Bonchev–Trinajstić information content (AvgIpc) is 2.35. The van der Waals surface area contributed by atoms with E-state index in [9.17, 15) is 4.79 Å². The van der Waals surface area contributed by atoms with Crippen molar-refractivity contribution in [3.8, 4) is 0 Å². The fourth-order valence-electron chi connectivity index (χ4n) is 2.09. The molecule has 0 radical (unpaired) electrons. The van der Waals surface area contributed by atoms with Crippen LogP contribution in [0.1, 0.15) is 50.0 Å². The highest BCUT2D eigenvalue weighted by Crippen LogP contribution is 2.26. The number of benzene rings is 2. The van der Waals surface area contributed by atoms with E-state index < -0.39 is 0 Å². The highest BCUT2D eigenvalue weighted by atomic mass is 16.1. The van der Waals surface area contributed by atoms with Gasteiger partial charge in [-0.3, -0.25) is 4.79 Å². The Kier molecular flexibility index (Phi) is 3.25. The Hall–Kier alpha value is -1.63. The van der Waals surface area contributed by atoms with Gasteiger partial charge < -0.3 is 0 Å². The molecule has 0 atom stereocenters. The molecule has 1 heteroatoms. The van der Waals surface area contributed by atoms with Gasteiger partial charge in [0.1, 0.15) is 0 Å². The van der Waals surface area contributed by atoms with E-state index in [1.807, 2.05) is 25.1 Å². The van der Waals surface area contributed by atoms with E-state index in [0.717, 1.165) is 10.9 Å². The Bertz CT molecular complexity index is 588. The molecule has 0 aliphatic carbocycles. The molecule has 2 rings (SSSR count). The SMILES string of the molecule is CCC(=O)c1ccc2cc(C(C)(C)C)ccc2c1. The van der Waals surface area contributed by atoms with Crippen LogP contribution in [0.3, 0.4) is 0 Å². The highest BCUT2D eigenvalue weighted by Gasteiger charge is 2.14. The van der Waals surface area contributed by atoms with Gasteiger partial charge in [0.05, 0.1) is 0 Å². The summed E-state index contributed by atoms with van der Waals surface area (Å²) in [7, 11) is 0. The zero-order valence-electron chi connectivity index (χ0n) is 11.6. The molecule has 0 aromatic heterocycles. The predicted molar refractivity (Wildman–Crippen MR) is 77.3 cm³/mol. The van der Waals surface area contributed by atoms with Crippen molar-refractivity contribution >= 4 is 16.6 Å². The van der Waals surface area contributed by atoms with Crippen LogP contribution in [0.15, 0.2) is 36.4 Å². The van der Waals surface area contributed by atoms with Crippen LogP contribution in [0.25, 0.3) is 10.8 Å². The van der Waals surface area contributed by atoms with E-state index in [0.29, 0.717) is 6.42 Å². The third-order valence-electron chi connectivity index (χ3n) is 3.35. The molecule has 0 aliphatic rings. The maximum atomic E-state index is 11.7. The Morgan fingerprint density at radius 2 is 1.61 bits per heavy atom. The number of hydrogen-bond acceptors (Lipinski definition) is 1. The van der Waals surface area contributed by atoms with Gasteiger partial charge in [0.2, 0.25) is 0 Å². The van der Waals surface area contributed by atoms with Crippen molar-refractivity contribution in [1.82, 2.24) is 0 Å². The monoisotopic (exact) mass is 240 g/mol. The molecule has 18 heavy (non-hydrogen) atoms. The fraction of sp³-hybridized carbons (Fsp3) is 0.353. The van der Waals surface area contributed by atoms with Gasteiger partial charge in [-0.2, -0.15) is 0 Å². The minimum Gasteiger partial charge on any atom is -0.294 e. The first kappa shape index (κ1) is 12.8. The summed E-state index contributed by atoms with van der Waals surface area (Å²) in [5, 5.41) is 2.34. The third-order valence-corrected chi connectivity index (χ3v) is 3.35. The predicted octanol–water partition coefficient (Wildman–Crippen LogP) is 4.73. The van der Waals surface area contributed by atoms with Crippen LogP contribution in [-0.4, -0.2) is 5.78 Å². The molecule has 0 heterocycles. The van der Waals surface area contributed by atoms with Crippen molar-refractivity contribution in [3.63, 3.8) is 0 Å². The second kappa shape index (κ2) is 4.56. The molecular weight excluding hydrogens is 220 g/mol. The van der Waals surface area contributed by atoms with Gasteiger partial charge in [-0.25, -0.2) is 0 Å². The van der Waals surface area contributed by atoms with Crippen molar-refractivity contribution in [3.05, 3.63) is 47.5 Å². The standard InChI is InChI=1S/C17H20O/c1-5-16(18)14-7-6-13-11-15(17(2,3)4)9-8-12(13)10-14/h6-11H,5H2,1-4H3. The van der Waals surface area contributed by atoms with E-state index in [1.165, 1.54) is 10.9 Å². The van der Waals surface area contributed by atoms with Gasteiger partial charge >= 0.3 is 0 Å². The molecule has 2 aromatic rings. The van der Waals surface area contributed by atoms with Crippen LogP contribution in [0.4, 0.5) is 0 Å². The number of Topliss-reactive ketones (excluding diaryl/α,β-unsaturated/α-hetero) is 1. The lowest BCUT2D eigenvalue weighted by Gasteiger charge is -2.19. The Balaban J connectivity index is 2.52. The Morgan fingerprint density at radius 3 is 2.22 bits per heavy atom. The van der Waals surface area contributed by atoms with Gasteiger partial charge in [0.15, 0.2) is 5.78 Å². The summed E-state index contributed by atoms with van der Waals surface area (Å²) in [6, 6.07) is 12.5. The summed E-state index contributed by atoms with van der Waals surface area (Å²) in [5.74, 6) is 0.205. The lowest BCUT2D eigenvalue weighted by Crippen LogP contribution is -2.10. The fourth-order valence-corrected chi connectivity index (χ4v) is 2.09. The summed E-state index contributed by atoms with van der Waals surface area (Å²) in [6.07, 6.45) is 0.561. The van der Waals surface area contributed by atoms with Gasteiger partial charge in [0.25, 0.3) is 0 Å². The third kappa shape index (κ3) is 2.45. The van der Waals surface area contributed by atoms with Crippen molar-refractivity contribution < 1.29 is 4.79 Å². The summed E-state index contributed by atoms with van der Waals surface area (Å²) >= 11 is 0. The van der Waals surface area contributed by atoms with Gasteiger partial charge in [0, 0.05) is 12.0 Å². The number of ketones is 1. The summed E-state index contributed by atoms with van der Waals surface area (Å²) < 4.78 is 0. The number of carbonyl (C=O) groups excluding carboxylic acids is 1. The minimum absolute atomic E-state index is 0.159. The quantitative estimate of drug-likeness (QED) is 0.693. The van der Waals surface area contributed by atoms with E-state index in [1.54, 1.807) is 0 Å². The number of rotatable bonds is 2. The molecule has 0 saturated heterocycles. The first-order valence-corrected chi connectivity index (χ1v) is 6.49. The van der Waals surface area contributed by atoms with Gasteiger partial charge in [-0.1, -0.05) is 58.0 Å². The minimum atomic E-state index is 0.159. The van der Waals surface area contributed by atoms with Crippen LogP contribution < -0.4 is 0 Å². The first-order valence-electron chi connectivity index (χ1n) is 6.49. The topological polar surface area (TPSA) is 17.1 Å². The van der Waals surface area contributed by atoms with Crippen molar-refractivity contribution in [2.75, 3.05) is 0 Å². The summed E-state index contributed by atoms with van der Waals surface area (Å²) in [5.41, 5.74) is 2.30. The molecule has 0 fully saturated rings. The van der Waals surface area contributed by atoms with Crippen molar-refractivity contribution in [2.45, 2.75) is 39.5 Å². The van der Waals surface area contributed by atoms with Gasteiger partial charge in [-0.15, -0.1) is 0 Å². The maximum Gasteiger partial charge on any atom is 0.162 e. The Labute approximate surface area is 109 Å². The molecule has 0 aliphatic heterocycles. The van der Waals surface area contributed by atoms with Crippen LogP contribution >= 0.6 is 0 Å². The lowest BCUT2D eigenvalue weighted by atomic mass is 9.85. The normalized spacial score (nSPS) is 11.8. The Morgan fingerprint density at radius 1 is 1.00 bits per heavy atom. The second-order valence-electron chi connectivity index (χ2n) is 5.80. The van der Waals surface area contributed by atoms with E-state index in [2.05, 4.69) is 39.0 Å². The smallest absolute Gasteiger partial charge is 0.162 e. The van der Waals surface area contributed by atoms with Crippen molar-refractivity contribution in [2.24, 2.45) is 0 Å². The molecule has 0 unspecified atom stereocenters. The number of fused-ring (bicyclic) bond motifs is 1. The van der Waals surface area contributed by atoms with E-state index >= 15 is 0 Å². The van der Waals surface area contributed by atoms with Gasteiger partial charge in [-0.05, 0) is 27.8 Å². The number of hydrogen-bond donors (Lipinski definition) is 0. The zero-order valence-corrected chi connectivity index (χ0v) is 11.6. The molecule has 0 N–H and O–H groups in total. The van der Waals surface area contributed by atoms with Crippen molar-refractivity contribution in [1.29, 1.82) is 0 Å². The molecule has 1 nitrogen and oxygen atoms in total. The molecular formula is C17H20O. The molecule has 0 spiro atoms. The van der Waals surface area contributed by atoms with Crippen LogP contribution in [0, 0.1) is 0 Å². The summed E-state index contributed by atoms with van der Waals surface area (Å²) in [4.78, 5) is 11.7. The maximum absolute atomic E-state index is 11.7. The highest BCUT2D eigenvalue weighted by molar-refractivity contribution is 5.99. The number of carbonyl (C=O) groups is 1. The average molecular weight is 240 g/mol. The zero-order chi connectivity index (χ0) is 13.3. The van der Waals surface area contributed by atoms with Crippen LogP contribution in [-0.2, 0) is 5.41 Å². The van der Waals surface area contributed by atoms with Crippen LogP contribution in [0.5, 0.6) is 0 Å². The molecule has 94 valence electrons. The van der Waals surface area contributed by atoms with E-state index in [-0.39, 0.29) is 11.2 Å². The second-order valence-corrected chi connectivity index (χ2v) is 5.80.